The molecule has 22 heavy (non-hydrogen) atoms. The van der Waals surface area contributed by atoms with Gasteiger partial charge in [-0.05, 0) is 49.3 Å². The Morgan fingerprint density at radius 2 is 2.09 bits per heavy atom. The fourth-order valence-electron chi connectivity index (χ4n) is 3.28. The Morgan fingerprint density at radius 1 is 1.36 bits per heavy atom. The highest BCUT2D eigenvalue weighted by molar-refractivity contribution is 6.30. The third-order valence-electron chi connectivity index (χ3n) is 4.95. The fourth-order valence-corrected chi connectivity index (χ4v) is 3.40. The Labute approximate surface area is 136 Å². The van der Waals surface area contributed by atoms with Crippen LogP contribution in [0.1, 0.15) is 31.2 Å². The van der Waals surface area contributed by atoms with Gasteiger partial charge in [0.1, 0.15) is 0 Å². The maximum absolute atomic E-state index is 12.3. The van der Waals surface area contributed by atoms with Gasteiger partial charge in [-0.1, -0.05) is 23.7 Å². The van der Waals surface area contributed by atoms with Gasteiger partial charge in [0.2, 0.25) is 0 Å². The second-order valence-corrected chi connectivity index (χ2v) is 7.02. The average molecular weight is 323 g/mol. The molecule has 0 bridgehead atoms. The smallest absolute Gasteiger partial charge is 0.317 e. The van der Waals surface area contributed by atoms with Crippen molar-refractivity contribution in [2.45, 2.75) is 31.1 Å². The number of piperidine rings is 1. The van der Waals surface area contributed by atoms with E-state index in [1.807, 2.05) is 17.0 Å². The van der Waals surface area contributed by atoms with Crippen LogP contribution in [0.2, 0.25) is 5.02 Å². The summed E-state index contributed by atoms with van der Waals surface area (Å²) in [5.74, 6) is 0.227. The Balaban J connectivity index is 1.55. The molecule has 2 fully saturated rings. The van der Waals surface area contributed by atoms with Crippen LogP contribution in [0.4, 0.5) is 4.79 Å². The van der Waals surface area contributed by atoms with E-state index in [0.29, 0.717) is 13.1 Å². The number of halogens is 1. The largest absolute Gasteiger partial charge is 0.396 e. The van der Waals surface area contributed by atoms with Crippen molar-refractivity contribution in [2.75, 3.05) is 26.2 Å². The lowest BCUT2D eigenvalue weighted by molar-refractivity contribution is 0.129. The van der Waals surface area contributed by atoms with E-state index in [-0.39, 0.29) is 24.0 Å². The van der Waals surface area contributed by atoms with E-state index < -0.39 is 0 Å². The Bertz CT molecular complexity index is 528. The normalized spacial score (nSPS) is 23.2. The molecule has 1 saturated heterocycles. The lowest BCUT2D eigenvalue weighted by Gasteiger charge is -2.32. The maximum Gasteiger partial charge on any atom is 0.317 e. The maximum atomic E-state index is 12.3. The molecule has 2 N–H and O–H groups in total. The van der Waals surface area contributed by atoms with E-state index in [1.54, 1.807) is 0 Å². The predicted molar refractivity (Wildman–Crippen MR) is 87.1 cm³/mol. The minimum absolute atomic E-state index is 0.00149. The third kappa shape index (κ3) is 3.39. The van der Waals surface area contributed by atoms with Gasteiger partial charge in [0.15, 0.2) is 0 Å². The topological polar surface area (TPSA) is 52.6 Å². The molecule has 1 atom stereocenters. The number of urea groups is 1. The van der Waals surface area contributed by atoms with Crippen LogP contribution in [0.25, 0.3) is 0 Å². The van der Waals surface area contributed by atoms with Crippen LogP contribution < -0.4 is 5.32 Å². The molecule has 1 aromatic rings. The van der Waals surface area contributed by atoms with Crippen LogP contribution in [-0.2, 0) is 5.41 Å². The number of nitrogens with zero attached hydrogens (tertiary/aromatic N) is 1. The summed E-state index contributed by atoms with van der Waals surface area (Å²) in [4.78, 5) is 14.2. The second-order valence-electron chi connectivity index (χ2n) is 6.58. The number of aliphatic hydroxyl groups excluding tert-OH is 1. The number of rotatable bonds is 4. The zero-order valence-electron chi connectivity index (χ0n) is 12.7. The summed E-state index contributed by atoms with van der Waals surface area (Å²) in [5, 5.41) is 13.1. The van der Waals surface area contributed by atoms with Crippen LogP contribution in [0.3, 0.4) is 0 Å². The lowest BCUT2D eigenvalue weighted by Crippen LogP contribution is -2.47. The molecule has 2 aliphatic rings. The average Bonchev–Trinajstić information content (AvgIpc) is 3.34. The van der Waals surface area contributed by atoms with E-state index in [9.17, 15) is 9.90 Å². The summed E-state index contributed by atoms with van der Waals surface area (Å²) < 4.78 is 0. The standard InChI is InChI=1S/C17H23ClN2O2/c18-15-5-3-14(4-6-15)17(7-8-17)12-19-16(22)20-9-1-2-13(10-20)11-21/h3-6,13,21H,1-2,7-12H2,(H,19,22)/t13-/m0/s1. The van der Waals surface area contributed by atoms with Gasteiger partial charge >= 0.3 is 6.03 Å². The quantitative estimate of drug-likeness (QED) is 0.895. The Morgan fingerprint density at radius 3 is 2.73 bits per heavy atom. The minimum Gasteiger partial charge on any atom is -0.396 e. The molecule has 1 aliphatic carbocycles. The van der Waals surface area contributed by atoms with Crippen molar-refractivity contribution in [2.24, 2.45) is 5.92 Å². The molecule has 120 valence electrons. The Hall–Kier alpha value is -1.26. The molecular weight excluding hydrogens is 300 g/mol. The number of carbonyl (C=O) groups is 1. The van der Waals surface area contributed by atoms with E-state index in [1.165, 1.54) is 5.56 Å². The predicted octanol–water partition coefficient (Wildman–Crippen LogP) is 2.79. The number of amides is 2. The molecule has 3 rings (SSSR count). The van der Waals surface area contributed by atoms with Crippen molar-refractivity contribution in [1.82, 2.24) is 10.2 Å². The van der Waals surface area contributed by atoms with Crippen molar-refractivity contribution in [3.05, 3.63) is 34.9 Å². The fraction of sp³-hybridized carbons (Fsp3) is 0.588. The van der Waals surface area contributed by atoms with E-state index in [4.69, 9.17) is 11.6 Å². The first-order chi connectivity index (χ1) is 10.6. The van der Waals surface area contributed by atoms with Crippen molar-refractivity contribution < 1.29 is 9.90 Å². The summed E-state index contributed by atoms with van der Waals surface area (Å²) in [6.45, 7) is 2.29. The lowest BCUT2D eigenvalue weighted by atomic mass is 9.96. The van der Waals surface area contributed by atoms with E-state index in [2.05, 4.69) is 17.4 Å². The number of hydrogen-bond donors (Lipinski definition) is 2. The highest BCUT2D eigenvalue weighted by atomic mass is 35.5. The van der Waals surface area contributed by atoms with Crippen molar-refractivity contribution in [3.63, 3.8) is 0 Å². The van der Waals surface area contributed by atoms with Crippen LogP contribution in [-0.4, -0.2) is 42.3 Å². The van der Waals surface area contributed by atoms with Crippen LogP contribution >= 0.6 is 11.6 Å². The summed E-state index contributed by atoms with van der Waals surface area (Å²) in [7, 11) is 0. The highest BCUT2D eigenvalue weighted by Gasteiger charge is 2.44. The molecule has 0 unspecified atom stereocenters. The molecule has 1 heterocycles. The third-order valence-corrected chi connectivity index (χ3v) is 5.20. The summed E-state index contributed by atoms with van der Waals surface area (Å²) in [6, 6.07) is 7.94. The van der Waals surface area contributed by atoms with Crippen molar-refractivity contribution in [3.8, 4) is 0 Å². The summed E-state index contributed by atoms with van der Waals surface area (Å²) in [6.07, 6.45) is 4.19. The number of nitrogens with one attached hydrogen (secondary N) is 1. The van der Waals surface area contributed by atoms with Gasteiger partial charge in [-0.3, -0.25) is 0 Å². The molecule has 0 spiro atoms. The van der Waals surface area contributed by atoms with Gasteiger partial charge in [-0.2, -0.15) is 0 Å². The van der Waals surface area contributed by atoms with Crippen molar-refractivity contribution >= 4 is 17.6 Å². The molecule has 5 heteroatoms. The highest BCUT2D eigenvalue weighted by Crippen LogP contribution is 2.47. The molecule has 1 saturated carbocycles. The number of hydrogen-bond acceptors (Lipinski definition) is 2. The van der Waals surface area contributed by atoms with Gasteiger partial charge in [0, 0.05) is 36.7 Å². The van der Waals surface area contributed by atoms with Gasteiger partial charge in [0.05, 0.1) is 0 Å². The zero-order chi connectivity index (χ0) is 15.6. The van der Waals surface area contributed by atoms with E-state index in [0.717, 1.165) is 37.3 Å². The summed E-state index contributed by atoms with van der Waals surface area (Å²) in [5.41, 5.74) is 1.34. The monoisotopic (exact) mass is 322 g/mol. The number of aliphatic hydroxyl groups is 1. The zero-order valence-corrected chi connectivity index (χ0v) is 13.5. The summed E-state index contributed by atoms with van der Waals surface area (Å²) >= 11 is 5.94. The molecule has 0 radical (unpaired) electrons. The molecule has 1 aliphatic heterocycles. The van der Waals surface area contributed by atoms with Crippen molar-refractivity contribution in [1.29, 1.82) is 0 Å². The molecule has 4 nitrogen and oxygen atoms in total. The molecule has 1 aromatic carbocycles. The Kier molecular flexibility index (Phi) is 4.59. The molecular formula is C17H23ClN2O2. The molecule has 0 aromatic heterocycles. The number of carbonyl (C=O) groups excluding carboxylic acids is 1. The van der Waals surface area contributed by atoms with Gasteiger partial charge < -0.3 is 15.3 Å². The SMILES string of the molecule is O=C(NCC1(c2ccc(Cl)cc2)CC1)N1CCC[C@H](CO)C1. The van der Waals surface area contributed by atoms with Crippen LogP contribution in [0, 0.1) is 5.92 Å². The van der Waals surface area contributed by atoms with Crippen LogP contribution in [0.15, 0.2) is 24.3 Å². The number of benzene rings is 1. The first-order valence-electron chi connectivity index (χ1n) is 8.03. The molecule has 2 amide bonds. The minimum atomic E-state index is -0.00149. The number of likely N-dealkylation sites (tertiary alicyclic amines) is 1. The van der Waals surface area contributed by atoms with Gasteiger partial charge in [0.25, 0.3) is 0 Å². The second kappa shape index (κ2) is 6.47. The first kappa shape index (κ1) is 15.6. The van der Waals surface area contributed by atoms with Gasteiger partial charge in [-0.25, -0.2) is 4.79 Å². The van der Waals surface area contributed by atoms with E-state index >= 15 is 0 Å². The van der Waals surface area contributed by atoms with Crippen LogP contribution in [0.5, 0.6) is 0 Å². The van der Waals surface area contributed by atoms with Gasteiger partial charge in [-0.15, -0.1) is 0 Å². The first-order valence-corrected chi connectivity index (χ1v) is 8.40.